The molecule has 2 heterocycles. The number of aryl methyl sites for hydroxylation is 1. The van der Waals surface area contributed by atoms with E-state index in [-0.39, 0.29) is 0 Å². The summed E-state index contributed by atoms with van der Waals surface area (Å²) in [6, 6.07) is 4.90. The smallest absolute Gasteiger partial charge is 0.203 e. The van der Waals surface area contributed by atoms with Crippen LogP contribution in [0.4, 0.5) is 5.95 Å². The van der Waals surface area contributed by atoms with E-state index in [2.05, 4.69) is 49.1 Å². The van der Waals surface area contributed by atoms with Crippen LogP contribution in [0.5, 0.6) is 0 Å². The van der Waals surface area contributed by atoms with E-state index in [1.54, 1.807) is 11.3 Å². The first-order valence-corrected chi connectivity index (χ1v) is 7.36. The Kier molecular flexibility index (Phi) is 2.96. The fraction of sp³-hybridized carbons (Fsp3) is 0.417. The van der Waals surface area contributed by atoms with Crippen molar-refractivity contribution in [1.29, 1.82) is 0 Å². The van der Waals surface area contributed by atoms with Crippen molar-refractivity contribution in [3.05, 3.63) is 32.7 Å². The molecule has 1 fully saturated rings. The number of halogens is 1. The van der Waals surface area contributed by atoms with Gasteiger partial charge in [-0.25, -0.2) is 4.98 Å². The first kappa shape index (κ1) is 11.3. The number of rotatable bonds is 4. The van der Waals surface area contributed by atoms with Gasteiger partial charge < -0.3 is 9.88 Å². The quantitative estimate of drug-likeness (QED) is 0.934. The monoisotopic (exact) mass is 311 g/mol. The fourth-order valence-electron chi connectivity index (χ4n) is 1.80. The zero-order chi connectivity index (χ0) is 11.8. The van der Waals surface area contributed by atoms with Crippen molar-refractivity contribution in [3.63, 3.8) is 0 Å². The number of hydrogen-bond donors (Lipinski definition) is 1. The molecule has 0 unspecified atom stereocenters. The van der Waals surface area contributed by atoms with Crippen molar-refractivity contribution in [2.75, 3.05) is 5.32 Å². The van der Waals surface area contributed by atoms with Gasteiger partial charge in [-0.3, -0.25) is 0 Å². The highest BCUT2D eigenvalue weighted by Crippen LogP contribution is 2.27. The van der Waals surface area contributed by atoms with Gasteiger partial charge in [-0.15, -0.1) is 11.3 Å². The zero-order valence-electron chi connectivity index (χ0n) is 9.61. The molecule has 17 heavy (non-hydrogen) atoms. The summed E-state index contributed by atoms with van der Waals surface area (Å²) in [5.74, 6) is 1.01. The van der Waals surface area contributed by atoms with Gasteiger partial charge in [0.05, 0.1) is 16.0 Å². The van der Waals surface area contributed by atoms with Crippen LogP contribution in [0.1, 0.15) is 23.4 Å². The van der Waals surface area contributed by atoms with Gasteiger partial charge in [0, 0.05) is 17.1 Å². The minimum Gasteiger partial charge on any atom is -0.353 e. The second kappa shape index (κ2) is 4.46. The largest absolute Gasteiger partial charge is 0.353 e. The summed E-state index contributed by atoms with van der Waals surface area (Å²) in [6.07, 6.45) is 4.66. The number of anilines is 1. The van der Waals surface area contributed by atoms with Crippen LogP contribution in [0.15, 0.2) is 22.1 Å². The van der Waals surface area contributed by atoms with Crippen LogP contribution in [0.25, 0.3) is 0 Å². The van der Waals surface area contributed by atoms with E-state index in [0.29, 0.717) is 6.04 Å². The fourth-order valence-corrected chi connectivity index (χ4v) is 3.28. The van der Waals surface area contributed by atoms with Crippen LogP contribution in [0.3, 0.4) is 0 Å². The molecule has 0 aliphatic heterocycles. The molecule has 5 heteroatoms. The Morgan fingerprint density at radius 3 is 3.00 bits per heavy atom. The summed E-state index contributed by atoms with van der Waals surface area (Å²) in [7, 11) is 0. The van der Waals surface area contributed by atoms with Crippen molar-refractivity contribution >= 4 is 33.2 Å². The predicted molar refractivity (Wildman–Crippen MR) is 74.7 cm³/mol. The molecule has 0 amide bonds. The lowest BCUT2D eigenvalue weighted by Gasteiger charge is -2.07. The molecule has 2 aromatic rings. The summed E-state index contributed by atoms with van der Waals surface area (Å²) < 4.78 is 3.38. The van der Waals surface area contributed by atoms with Crippen molar-refractivity contribution in [1.82, 2.24) is 9.55 Å². The lowest BCUT2D eigenvalue weighted by Crippen LogP contribution is -2.09. The molecule has 0 saturated heterocycles. The molecule has 0 radical (unpaired) electrons. The van der Waals surface area contributed by atoms with Crippen LogP contribution >= 0.6 is 27.3 Å². The summed E-state index contributed by atoms with van der Waals surface area (Å²) in [6.45, 7) is 2.94. The Labute approximate surface area is 113 Å². The van der Waals surface area contributed by atoms with Gasteiger partial charge in [-0.2, -0.15) is 0 Å². The van der Waals surface area contributed by atoms with E-state index in [0.717, 1.165) is 18.2 Å². The zero-order valence-corrected chi connectivity index (χ0v) is 12.0. The van der Waals surface area contributed by atoms with Crippen molar-refractivity contribution in [3.8, 4) is 0 Å². The molecule has 0 aromatic carbocycles. The second-order valence-electron chi connectivity index (χ2n) is 4.46. The summed E-state index contributed by atoms with van der Waals surface area (Å²) >= 11 is 5.27. The van der Waals surface area contributed by atoms with Gasteiger partial charge in [0.15, 0.2) is 0 Å². The average Bonchev–Trinajstić information content (AvgIpc) is 2.89. The molecule has 3 rings (SSSR count). The molecule has 0 spiro atoms. The van der Waals surface area contributed by atoms with Crippen LogP contribution in [-0.4, -0.2) is 15.6 Å². The first-order chi connectivity index (χ1) is 8.20. The summed E-state index contributed by atoms with van der Waals surface area (Å²) in [5.41, 5.74) is 1.07. The van der Waals surface area contributed by atoms with E-state index >= 15 is 0 Å². The van der Waals surface area contributed by atoms with E-state index in [1.165, 1.54) is 21.5 Å². The molecular formula is C12H14BrN3S. The molecule has 1 N–H and O–H groups in total. The van der Waals surface area contributed by atoms with Gasteiger partial charge >= 0.3 is 0 Å². The number of thiophene rings is 1. The lowest BCUT2D eigenvalue weighted by molar-refractivity contribution is 0.808. The summed E-state index contributed by atoms with van der Waals surface area (Å²) in [4.78, 5) is 5.88. The topological polar surface area (TPSA) is 29.9 Å². The van der Waals surface area contributed by atoms with Gasteiger partial charge in [0.25, 0.3) is 0 Å². The second-order valence-corrected chi connectivity index (χ2v) is 7.01. The third-order valence-corrected chi connectivity index (χ3v) is 4.37. The van der Waals surface area contributed by atoms with Crippen LogP contribution < -0.4 is 5.32 Å². The van der Waals surface area contributed by atoms with E-state index in [4.69, 9.17) is 0 Å². The Hall–Kier alpha value is -0.810. The van der Waals surface area contributed by atoms with Crippen molar-refractivity contribution < 1.29 is 0 Å². The molecule has 3 nitrogen and oxygen atoms in total. The Bertz CT molecular complexity index is 528. The maximum Gasteiger partial charge on any atom is 0.203 e. The standard InChI is InChI=1S/C12H14BrN3S/c1-8-6-16(7-10-4-5-11(13)17-10)12(14-8)15-9-2-3-9/h4-6,9H,2-3,7H2,1H3,(H,14,15). The molecule has 0 atom stereocenters. The van der Waals surface area contributed by atoms with Gasteiger partial charge in [0.1, 0.15) is 0 Å². The van der Waals surface area contributed by atoms with Crippen LogP contribution in [0.2, 0.25) is 0 Å². The molecule has 1 aliphatic carbocycles. The minimum atomic E-state index is 0.644. The first-order valence-electron chi connectivity index (χ1n) is 5.75. The average molecular weight is 312 g/mol. The minimum absolute atomic E-state index is 0.644. The number of hydrogen-bond acceptors (Lipinski definition) is 3. The van der Waals surface area contributed by atoms with Gasteiger partial charge in [-0.1, -0.05) is 0 Å². The van der Waals surface area contributed by atoms with Gasteiger partial charge in [0.2, 0.25) is 5.95 Å². The molecule has 2 aromatic heterocycles. The summed E-state index contributed by atoms with van der Waals surface area (Å²) in [5, 5.41) is 3.48. The highest BCUT2D eigenvalue weighted by atomic mass is 79.9. The Morgan fingerprint density at radius 2 is 2.35 bits per heavy atom. The predicted octanol–water partition coefficient (Wildman–Crippen LogP) is 3.64. The number of nitrogens with one attached hydrogen (secondary N) is 1. The number of imidazole rings is 1. The number of nitrogens with zero attached hydrogens (tertiary/aromatic N) is 2. The third-order valence-electron chi connectivity index (χ3n) is 2.76. The molecule has 90 valence electrons. The lowest BCUT2D eigenvalue weighted by atomic mass is 10.4. The SMILES string of the molecule is Cc1cn(Cc2ccc(Br)s2)c(NC2CC2)n1. The van der Waals surface area contributed by atoms with Crippen molar-refractivity contribution in [2.24, 2.45) is 0 Å². The van der Waals surface area contributed by atoms with E-state index < -0.39 is 0 Å². The molecule has 1 saturated carbocycles. The Balaban J connectivity index is 1.80. The van der Waals surface area contributed by atoms with Crippen LogP contribution in [-0.2, 0) is 6.54 Å². The number of aromatic nitrogens is 2. The normalized spacial score (nSPS) is 15.2. The maximum absolute atomic E-state index is 4.54. The van der Waals surface area contributed by atoms with Gasteiger partial charge in [-0.05, 0) is 47.8 Å². The maximum atomic E-state index is 4.54. The third kappa shape index (κ3) is 2.72. The van der Waals surface area contributed by atoms with E-state index in [9.17, 15) is 0 Å². The molecule has 0 bridgehead atoms. The Morgan fingerprint density at radius 1 is 1.53 bits per heavy atom. The molecule has 1 aliphatic rings. The highest BCUT2D eigenvalue weighted by molar-refractivity contribution is 9.11. The highest BCUT2D eigenvalue weighted by Gasteiger charge is 2.23. The van der Waals surface area contributed by atoms with Crippen LogP contribution in [0, 0.1) is 6.92 Å². The van der Waals surface area contributed by atoms with E-state index in [1.807, 2.05) is 6.92 Å². The van der Waals surface area contributed by atoms with Crippen molar-refractivity contribution in [2.45, 2.75) is 32.4 Å². The molecular weight excluding hydrogens is 298 g/mol.